The van der Waals surface area contributed by atoms with Crippen molar-refractivity contribution >= 4 is 16.9 Å². The molecule has 6 heteroatoms. The van der Waals surface area contributed by atoms with Gasteiger partial charge >= 0.3 is 0 Å². The number of rotatable bonds is 5. The molecule has 6 nitrogen and oxygen atoms in total. The molecule has 0 aliphatic carbocycles. The summed E-state index contributed by atoms with van der Waals surface area (Å²) in [4.78, 5) is 32.3. The number of imidazole rings is 1. The number of benzene rings is 1. The standard InChI is InChI=1S/C19H22N4O2/c1-4-12(2)17(18-20-14-7-5-6-8-15(14)21-18)22-19(25)13-9-10-23(3)16(24)11-13/h5-12,17H,4H2,1-3H3,(H,20,21)(H,22,25)/t12-,17-/m0/s1. The number of nitrogens with one attached hydrogen (secondary N) is 2. The summed E-state index contributed by atoms with van der Waals surface area (Å²) in [5.74, 6) is 0.646. The van der Waals surface area contributed by atoms with E-state index in [2.05, 4.69) is 29.1 Å². The highest BCUT2D eigenvalue weighted by Crippen LogP contribution is 2.25. The number of hydrogen-bond acceptors (Lipinski definition) is 3. The van der Waals surface area contributed by atoms with E-state index in [1.54, 1.807) is 19.3 Å². The van der Waals surface area contributed by atoms with Gasteiger partial charge in [-0.15, -0.1) is 0 Å². The van der Waals surface area contributed by atoms with E-state index in [9.17, 15) is 9.59 Å². The molecule has 25 heavy (non-hydrogen) atoms. The van der Waals surface area contributed by atoms with Crippen LogP contribution in [0.15, 0.2) is 47.4 Å². The highest BCUT2D eigenvalue weighted by Gasteiger charge is 2.24. The van der Waals surface area contributed by atoms with Crippen molar-refractivity contribution in [3.05, 3.63) is 64.3 Å². The van der Waals surface area contributed by atoms with Crippen molar-refractivity contribution in [1.29, 1.82) is 0 Å². The van der Waals surface area contributed by atoms with Crippen molar-refractivity contribution in [3.8, 4) is 0 Å². The summed E-state index contributed by atoms with van der Waals surface area (Å²) < 4.78 is 1.43. The topological polar surface area (TPSA) is 79.8 Å². The molecule has 2 N–H and O–H groups in total. The van der Waals surface area contributed by atoms with Crippen LogP contribution in [0.1, 0.15) is 42.5 Å². The Kier molecular flexibility index (Phi) is 4.70. The normalized spacial score (nSPS) is 13.6. The third kappa shape index (κ3) is 3.47. The first kappa shape index (κ1) is 17.0. The van der Waals surface area contributed by atoms with E-state index in [4.69, 9.17) is 0 Å². The molecule has 130 valence electrons. The van der Waals surface area contributed by atoms with Gasteiger partial charge in [-0.05, 0) is 24.1 Å². The second-order valence-electron chi connectivity index (χ2n) is 6.34. The molecule has 0 fully saturated rings. The molecular weight excluding hydrogens is 316 g/mol. The third-order valence-electron chi connectivity index (χ3n) is 4.57. The number of carbonyl (C=O) groups is 1. The summed E-state index contributed by atoms with van der Waals surface area (Å²) >= 11 is 0. The van der Waals surface area contributed by atoms with E-state index < -0.39 is 0 Å². The van der Waals surface area contributed by atoms with Gasteiger partial charge in [0.2, 0.25) is 0 Å². The van der Waals surface area contributed by atoms with Crippen LogP contribution in [0.3, 0.4) is 0 Å². The number of aryl methyl sites for hydroxylation is 1. The Morgan fingerprint density at radius 1 is 1.32 bits per heavy atom. The lowest BCUT2D eigenvalue weighted by atomic mass is 9.98. The maximum atomic E-state index is 12.6. The zero-order chi connectivity index (χ0) is 18.0. The van der Waals surface area contributed by atoms with Gasteiger partial charge in [0.25, 0.3) is 11.5 Å². The summed E-state index contributed by atoms with van der Waals surface area (Å²) in [7, 11) is 1.65. The predicted molar refractivity (Wildman–Crippen MR) is 97.4 cm³/mol. The van der Waals surface area contributed by atoms with Gasteiger partial charge < -0.3 is 14.9 Å². The Labute approximate surface area is 145 Å². The molecule has 0 radical (unpaired) electrons. The van der Waals surface area contributed by atoms with E-state index >= 15 is 0 Å². The number of para-hydroxylation sites is 2. The van der Waals surface area contributed by atoms with Gasteiger partial charge in [0, 0.05) is 24.9 Å². The van der Waals surface area contributed by atoms with Crippen LogP contribution in [0.4, 0.5) is 0 Å². The summed E-state index contributed by atoms with van der Waals surface area (Å²) in [6.45, 7) is 4.15. The van der Waals surface area contributed by atoms with E-state index in [0.29, 0.717) is 5.56 Å². The molecule has 1 amide bonds. The van der Waals surface area contributed by atoms with Crippen molar-refractivity contribution in [2.45, 2.75) is 26.3 Å². The number of fused-ring (bicyclic) bond motifs is 1. The van der Waals surface area contributed by atoms with Gasteiger partial charge in [-0.2, -0.15) is 0 Å². The van der Waals surface area contributed by atoms with E-state index in [1.807, 2.05) is 24.3 Å². The summed E-state index contributed by atoms with van der Waals surface area (Å²) in [6, 6.07) is 10.5. The van der Waals surface area contributed by atoms with Crippen LogP contribution in [-0.4, -0.2) is 20.4 Å². The number of amides is 1. The number of H-pyrrole nitrogens is 1. The zero-order valence-corrected chi connectivity index (χ0v) is 14.6. The molecule has 0 saturated carbocycles. The van der Waals surface area contributed by atoms with Crippen LogP contribution < -0.4 is 10.9 Å². The number of pyridine rings is 1. The highest BCUT2D eigenvalue weighted by molar-refractivity contribution is 5.94. The van der Waals surface area contributed by atoms with Crippen molar-refractivity contribution in [2.75, 3.05) is 0 Å². The first-order chi connectivity index (χ1) is 12.0. The fourth-order valence-electron chi connectivity index (χ4n) is 2.75. The van der Waals surface area contributed by atoms with Gasteiger partial charge in [0.1, 0.15) is 5.82 Å². The highest BCUT2D eigenvalue weighted by atomic mass is 16.2. The second kappa shape index (κ2) is 6.93. The van der Waals surface area contributed by atoms with Crippen LogP contribution in [0.5, 0.6) is 0 Å². The Bertz CT molecular complexity index is 924. The molecule has 0 bridgehead atoms. The van der Waals surface area contributed by atoms with E-state index in [1.165, 1.54) is 10.6 Å². The molecule has 2 atom stereocenters. The van der Waals surface area contributed by atoms with Gasteiger partial charge in [-0.1, -0.05) is 32.4 Å². The molecular formula is C19H22N4O2. The van der Waals surface area contributed by atoms with Crippen LogP contribution in [0.25, 0.3) is 11.0 Å². The fraction of sp³-hybridized carbons (Fsp3) is 0.316. The molecule has 0 aliphatic rings. The maximum Gasteiger partial charge on any atom is 0.252 e. The average Bonchev–Trinajstić information content (AvgIpc) is 3.04. The van der Waals surface area contributed by atoms with Crippen molar-refractivity contribution in [1.82, 2.24) is 19.9 Å². The predicted octanol–water partition coefficient (Wildman–Crippen LogP) is 2.78. The number of aromatic nitrogens is 3. The van der Waals surface area contributed by atoms with Crippen molar-refractivity contribution in [2.24, 2.45) is 13.0 Å². The minimum atomic E-state index is -0.275. The molecule has 2 heterocycles. The van der Waals surface area contributed by atoms with Crippen molar-refractivity contribution in [3.63, 3.8) is 0 Å². The van der Waals surface area contributed by atoms with Gasteiger partial charge in [-0.25, -0.2) is 4.98 Å². The number of carbonyl (C=O) groups excluding carboxylic acids is 1. The Morgan fingerprint density at radius 2 is 2.08 bits per heavy atom. The van der Waals surface area contributed by atoms with Gasteiger partial charge in [0.05, 0.1) is 17.1 Å². The summed E-state index contributed by atoms with van der Waals surface area (Å²) in [5, 5.41) is 3.03. The van der Waals surface area contributed by atoms with E-state index in [-0.39, 0.29) is 23.4 Å². The SMILES string of the molecule is CC[C@H](C)[C@H](NC(=O)c1ccn(C)c(=O)c1)c1nc2ccccc2[nH]1. The molecule has 0 spiro atoms. The largest absolute Gasteiger partial charge is 0.342 e. The first-order valence-corrected chi connectivity index (χ1v) is 8.41. The first-order valence-electron chi connectivity index (χ1n) is 8.41. The quantitative estimate of drug-likeness (QED) is 0.751. The van der Waals surface area contributed by atoms with Gasteiger partial charge in [0.15, 0.2) is 0 Å². The summed E-state index contributed by atoms with van der Waals surface area (Å²) in [6.07, 6.45) is 2.48. The van der Waals surface area contributed by atoms with Crippen LogP contribution in [-0.2, 0) is 7.05 Å². The molecule has 3 aromatic rings. The zero-order valence-electron chi connectivity index (χ0n) is 14.6. The lowest BCUT2D eigenvalue weighted by molar-refractivity contribution is 0.0920. The van der Waals surface area contributed by atoms with Gasteiger partial charge in [-0.3, -0.25) is 9.59 Å². The van der Waals surface area contributed by atoms with Crippen LogP contribution >= 0.6 is 0 Å². The number of nitrogens with zero attached hydrogens (tertiary/aromatic N) is 2. The molecule has 1 aromatic carbocycles. The average molecular weight is 338 g/mol. The van der Waals surface area contributed by atoms with Crippen LogP contribution in [0, 0.1) is 5.92 Å². The third-order valence-corrected chi connectivity index (χ3v) is 4.57. The maximum absolute atomic E-state index is 12.6. The Balaban J connectivity index is 1.91. The fourth-order valence-corrected chi connectivity index (χ4v) is 2.75. The Morgan fingerprint density at radius 3 is 2.76 bits per heavy atom. The van der Waals surface area contributed by atoms with Crippen molar-refractivity contribution < 1.29 is 4.79 Å². The number of hydrogen-bond donors (Lipinski definition) is 2. The molecule has 0 aliphatic heterocycles. The molecule has 0 unspecified atom stereocenters. The molecule has 2 aromatic heterocycles. The number of aromatic amines is 1. The lowest BCUT2D eigenvalue weighted by Crippen LogP contribution is -2.34. The minimum absolute atomic E-state index is 0.191. The lowest BCUT2D eigenvalue weighted by Gasteiger charge is -2.22. The minimum Gasteiger partial charge on any atom is -0.342 e. The van der Waals surface area contributed by atoms with Crippen LogP contribution in [0.2, 0.25) is 0 Å². The smallest absolute Gasteiger partial charge is 0.252 e. The monoisotopic (exact) mass is 338 g/mol. The molecule has 0 saturated heterocycles. The van der Waals surface area contributed by atoms with E-state index in [0.717, 1.165) is 23.3 Å². The Hall–Kier alpha value is -2.89. The summed E-state index contributed by atoms with van der Waals surface area (Å²) in [5.41, 5.74) is 1.95. The molecule has 3 rings (SSSR count). The second-order valence-corrected chi connectivity index (χ2v) is 6.34.